The van der Waals surface area contributed by atoms with Gasteiger partial charge < -0.3 is 14.9 Å². The molecule has 0 aliphatic heterocycles. The van der Waals surface area contributed by atoms with E-state index in [2.05, 4.69) is 9.80 Å². The van der Waals surface area contributed by atoms with E-state index in [-0.39, 0.29) is 6.54 Å². The third kappa shape index (κ3) is 9.89. The van der Waals surface area contributed by atoms with Crippen LogP contribution in [0.5, 0.6) is 0 Å². The van der Waals surface area contributed by atoms with Gasteiger partial charge in [0.1, 0.15) is 0 Å². The van der Waals surface area contributed by atoms with Crippen LogP contribution in [0, 0.1) is 0 Å². The van der Waals surface area contributed by atoms with E-state index in [1.807, 2.05) is 33.1 Å². The molecule has 0 aliphatic rings. The highest BCUT2D eigenvalue weighted by Gasteiger charge is 2.09. The predicted molar refractivity (Wildman–Crippen MR) is 65.8 cm³/mol. The summed E-state index contributed by atoms with van der Waals surface area (Å²) in [6, 6.07) is 0. The number of rotatable bonds is 9. The zero-order chi connectivity index (χ0) is 12.6. The minimum absolute atomic E-state index is 0.140. The number of aliphatic carboxylic acids is 1. The molecule has 0 saturated heterocycles. The van der Waals surface area contributed by atoms with Crippen LogP contribution >= 0.6 is 0 Å². The second kappa shape index (κ2) is 8.50. The zero-order valence-electron chi connectivity index (χ0n) is 10.9. The van der Waals surface area contributed by atoms with E-state index in [0.29, 0.717) is 0 Å². The lowest BCUT2D eigenvalue weighted by Gasteiger charge is -2.22. The van der Waals surface area contributed by atoms with E-state index in [4.69, 9.17) is 5.11 Å². The first-order valence-corrected chi connectivity index (χ1v) is 5.65. The lowest BCUT2D eigenvalue weighted by Crippen LogP contribution is -2.37. The molecule has 0 spiro atoms. The monoisotopic (exact) mass is 231 g/mol. The Morgan fingerprint density at radius 2 is 1.50 bits per heavy atom. The molecule has 0 rings (SSSR count). The molecule has 0 heterocycles. The minimum atomic E-state index is -0.747. The van der Waals surface area contributed by atoms with Crippen LogP contribution in [0.15, 0.2) is 0 Å². The molecule has 5 nitrogen and oxygen atoms in total. The number of carbonyl (C=O) groups is 1. The smallest absolute Gasteiger partial charge is 0.317 e. The van der Waals surface area contributed by atoms with Crippen molar-refractivity contribution in [2.75, 3.05) is 60.9 Å². The molecule has 0 fully saturated rings. The molecule has 0 bridgehead atoms. The number of hydrogen-bond donors (Lipinski definition) is 1. The highest BCUT2D eigenvalue weighted by Crippen LogP contribution is 1.94. The molecule has 0 aromatic heterocycles. The normalized spacial score (nSPS) is 11.7. The van der Waals surface area contributed by atoms with Crippen molar-refractivity contribution < 1.29 is 9.90 Å². The molecule has 0 aliphatic carbocycles. The van der Waals surface area contributed by atoms with E-state index in [1.54, 1.807) is 0 Å². The molecule has 0 unspecified atom stereocenters. The maximum Gasteiger partial charge on any atom is 0.317 e. The van der Waals surface area contributed by atoms with Crippen LogP contribution in [0.25, 0.3) is 0 Å². The molecular weight excluding hydrogens is 206 g/mol. The Kier molecular flexibility index (Phi) is 8.15. The van der Waals surface area contributed by atoms with Gasteiger partial charge in [-0.05, 0) is 41.2 Å². The Bertz CT molecular complexity index is 196. The first kappa shape index (κ1) is 15.3. The molecule has 96 valence electrons. The van der Waals surface area contributed by atoms with Crippen LogP contribution in [0.2, 0.25) is 0 Å². The Labute approximate surface area is 98.6 Å². The summed E-state index contributed by atoms with van der Waals surface area (Å²) in [6.45, 7) is 3.69. The summed E-state index contributed by atoms with van der Waals surface area (Å²) in [5, 5.41) is 8.79. The van der Waals surface area contributed by atoms with Crippen LogP contribution in [0.4, 0.5) is 0 Å². The van der Waals surface area contributed by atoms with Gasteiger partial charge >= 0.3 is 5.97 Å². The Morgan fingerprint density at radius 3 is 1.94 bits per heavy atom. The summed E-state index contributed by atoms with van der Waals surface area (Å²) in [7, 11) is 8.06. The van der Waals surface area contributed by atoms with Crippen LogP contribution in [0.3, 0.4) is 0 Å². The van der Waals surface area contributed by atoms with Crippen molar-refractivity contribution in [3.05, 3.63) is 0 Å². The fraction of sp³-hybridized carbons (Fsp3) is 0.909. The first-order valence-electron chi connectivity index (χ1n) is 5.65. The highest BCUT2D eigenvalue weighted by molar-refractivity contribution is 5.69. The molecule has 0 amide bonds. The Hall–Kier alpha value is -0.650. The van der Waals surface area contributed by atoms with Gasteiger partial charge in [0.2, 0.25) is 0 Å². The molecule has 0 radical (unpaired) electrons. The standard InChI is InChI=1S/C11H25N3O2/c1-12(2)6-5-7-14(10-11(15)16)9-8-13(3)4/h5-10H2,1-4H3,(H,15,16). The SMILES string of the molecule is CN(C)CCCN(CCN(C)C)CC(=O)O. The maximum absolute atomic E-state index is 10.7. The second-order valence-corrected chi connectivity index (χ2v) is 4.63. The van der Waals surface area contributed by atoms with Crippen LogP contribution in [-0.2, 0) is 4.79 Å². The topological polar surface area (TPSA) is 47.0 Å². The predicted octanol–water partition coefficient (Wildman–Crippen LogP) is -0.114. The number of hydrogen-bond acceptors (Lipinski definition) is 4. The van der Waals surface area contributed by atoms with E-state index in [9.17, 15) is 4.79 Å². The lowest BCUT2D eigenvalue weighted by molar-refractivity contribution is -0.138. The van der Waals surface area contributed by atoms with Crippen molar-refractivity contribution in [2.45, 2.75) is 6.42 Å². The summed E-state index contributed by atoms with van der Waals surface area (Å²) in [6.07, 6.45) is 1.01. The van der Waals surface area contributed by atoms with Crippen molar-refractivity contribution >= 4 is 5.97 Å². The van der Waals surface area contributed by atoms with Gasteiger partial charge in [0.25, 0.3) is 0 Å². The molecule has 0 saturated carbocycles. The van der Waals surface area contributed by atoms with E-state index in [1.165, 1.54) is 0 Å². The van der Waals surface area contributed by atoms with Gasteiger partial charge in [0.05, 0.1) is 6.54 Å². The average molecular weight is 231 g/mol. The number of likely N-dealkylation sites (N-methyl/N-ethyl adjacent to an activating group) is 1. The largest absolute Gasteiger partial charge is 0.480 e. The van der Waals surface area contributed by atoms with Crippen molar-refractivity contribution in [1.82, 2.24) is 14.7 Å². The van der Waals surface area contributed by atoms with Crippen molar-refractivity contribution in [2.24, 2.45) is 0 Å². The third-order valence-corrected chi connectivity index (χ3v) is 2.30. The van der Waals surface area contributed by atoms with Gasteiger partial charge in [0, 0.05) is 19.6 Å². The lowest BCUT2D eigenvalue weighted by atomic mass is 10.3. The van der Waals surface area contributed by atoms with Crippen molar-refractivity contribution in [1.29, 1.82) is 0 Å². The maximum atomic E-state index is 10.7. The summed E-state index contributed by atoms with van der Waals surface area (Å²) in [5.41, 5.74) is 0. The van der Waals surface area contributed by atoms with Crippen LogP contribution < -0.4 is 0 Å². The van der Waals surface area contributed by atoms with E-state index < -0.39 is 5.97 Å². The highest BCUT2D eigenvalue weighted by atomic mass is 16.4. The average Bonchev–Trinajstić information content (AvgIpc) is 2.12. The molecular formula is C11H25N3O2. The number of carboxylic acid groups (broad SMARTS) is 1. The van der Waals surface area contributed by atoms with Gasteiger partial charge in [-0.2, -0.15) is 0 Å². The van der Waals surface area contributed by atoms with Gasteiger partial charge in [-0.1, -0.05) is 0 Å². The minimum Gasteiger partial charge on any atom is -0.480 e. The molecule has 16 heavy (non-hydrogen) atoms. The summed E-state index contributed by atoms with van der Waals surface area (Å²) in [5.74, 6) is -0.747. The fourth-order valence-electron chi connectivity index (χ4n) is 1.41. The van der Waals surface area contributed by atoms with Crippen molar-refractivity contribution in [3.63, 3.8) is 0 Å². The van der Waals surface area contributed by atoms with Crippen LogP contribution in [0.1, 0.15) is 6.42 Å². The summed E-state index contributed by atoms with van der Waals surface area (Å²) >= 11 is 0. The molecule has 1 N–H and O–H groups in total. The third-order valence-electron chi connectivity index (χ3n) is 2.30. The Balaban J connectivity index is 3.85. The fourth-order valence-corrected chi connectivity index (χ4v) is 1.41. The Morgan fingerprint density at radius 1 is 0.938 bits per heavy atom. The summed E-state index contributed by atoms with van der Waals surface area (Å²) < 4.78 is 0. The van der Waals surface area contributed by atoms with Crippen LogP contribution in [-0.4, -0.2) is 86.7 Å². The number of nitrogens with zero attached hydrogens (tertiary/aromatic N) is 3. The second-order valence-electron chi connectivity index (χ2n) is 4.63. The van der Waals surface area contributed by atoms with E-state index >= 15 is 0 Å². The molecule has 5 heteroatoms. The van der Waals surface area contributed by atoms with E-state index in [0.717, 1.165) is 32.6 Å². The van der Waals surface area contributed by atoms with Gasteiger partial charge in [0.15, 0.2) is 0 Å². The molecule has 0 aromatic carbocycles. The molecule has 0 atom stereocenters. The molecule has 0 aromatic rings. The van der Waals surface area contributed by atoms with Gasteiger partial charge in [-0.15, -0.1) is 0 Å². The number of carboxylic acids is 1. The first-order chi connectivity index (χ1) is 7.41. The summed E-state index contributed by atoms with van der Waals surface area (Å²) in [4.78, 5) is 16.9. The van der Waals surface area contributed by atoms with Gasteiger partial charge in [-0.3, -0.25) is 9.69 Å². The quantitative estimate of drug-likeness (QED) is 0.600. The van der Waals surface area contributed by atoms with Gasteiger partial charge in [-0.25, -0.2) is 0 Å². The zero-order valence-corrected chi connectivity index (χ0v) is 10.9. The van der Waals surface area contributed by atoms with Crippen molar-refractivity contribution in [3.8, 4) is 0 Å².